The van der Waals surface area contributed by atoms with Gasteiger partial charge in [-0.3, -0.25) is 4.79 Å². The van der Waals surface area contributed by atoms with E-state index in [-0.39, 0.29) is 18.0 Å². The fourth-order valence-corrected chi connectivity index (χ4v) is 2.83. The van der Waals surface area contributed by atoms with Gasteiger partial charge in [-0.25, -0.2) is 4.99 Å². The zero-order valence-corrected chi connectivity index (χ0v) is 15.5. The van der Waals surface area contributed by atoms with Crippen LogP contribution in [0.1, 0.15) is 53.4 Å². The van der Waals surface area contributed by atoms with Crippen LogP contribution in [-0.4, -0.2) is 61.6 Å². The molecule has 1 rings (SSSR count). The summed E-state index contributed by atoms with van der Waals surface area (Å²) in [5, 5.41) is 9.41. The van der Waals surface area contributed by atoms with E-state index in [0.717, 1.165) is 25.7 Å². The highest BCUT2D eigenvalue weighted by Crippen LogP contribution is 2.21. The van der Waals surface area contributed by atoms with Gasteiger partial charge in [0.15, 0.2) is 5.96 Å². The molecule has 0 saturated heterocycles. The highest BCUT2D eigenvalue weighted by molar-refractivity contribution is 5.85. The summed E-state index contributed by atoms with van der Waals surface area (Å²) in [5.41, 5.74) is -0.220. The lowest BCUT2D eigenvalue weighted by Gasteiger charge is -2.24. The van der Waals surface area contributed by atoms with Crippen molar-refractivity contribution >= 4 is 11.9 Å². The zero-order chi connectivity index (χ0) is 17.3. The van der Waals surface area contributed by atoms with Gasteiger partial charge in [-0.2, -0.15) is 0 Å². The van der Waals surface area contributed by atoms with Crippen LogP contribution in [0.2, 0.25) is 0 Å². The molecular formula is C17H35N5O. The molecular weight excluding hydrogens is 290 g/mol. The van der Waals surface area contributed by atoms with Crippen LogP contribution in [0.5, 0.6) is 0 Å². The number of rotatable bonds is 7. The maximum absolute atomic E-state index is 11.8. The first-order chi connectivity index (χ1) is 10.8. The van der Waals surface area contributed by atoms with Crippen LogP contribution in [0.25, 0.3) is 0 Å². The topological polar surface area (TPSA) is 68.8 Å². The molecule has 1 aliphatic rings. The maximum atomic E-state index is 11.8. The SMILES string of the molecule is CCNC(=NCC(=O)NC(C)(C)C)NCCN(C)C1CCCC1. The lowest BCUT2D eigenvalue weighted by Crippen LogP contribution is -2.44. The Balaban J connectivity index is 2.35. The number of nitrogens with zero attached hydrogens (tertiary/aromatic N) is 2. The van der Waals surface area contributed by atoms with E-state index in [9.17, 15) is 4.79 Å². The molecule has 6 nitrogen and oxygen atoms in total. The molecule has 0 aliphatic heterocycles. The van der Waals surface area contributed by atoms with Crippen molar-refractivity contribution in [2.24, 2.45) is 4.99 Å². The molecule has 0 radical (unpaired) electrons. The average molecular weight is 326 g/mol. The predicted molar refractivity (Wildman–Crippen MR) is 96.8 cm³/mol. The van der Waals surface area contributed by atoms with Crippen LogP contribution in [0.15, 0.2) is 4.99 Å². The van der Waals surface area contributed by atoms with E-state index in [4.69, 9.17) is 0 Å². The molecule has 0 aromatic heterocycles. The third kappa shape index (κ3) is 8.79. The van der Waals surface area contributed by atoms with Gasteiger partial charge in [0.1, 0.15) is 6.54 Å². The number of nitrogens with one attached hydrogen (secondary N) is 3. The Kier molecular flexibility index (Phi) is 8.37. The molecule has 0 aromatic rings. The van der Waals surface area contributed by atoms with Crippen molar-refractivity contribution < 1.29 is 4.79 Å². The minimum Gasteiger partial charge on any atom is -0.357 e. The minimum absolute atomic E-state index is 0.0576. The lowest BCUT2D eigenvalue weighted by atomic mass is 10.1. The number of amides is 1. The van der Waals surface area contributed by atoms with Crippen LogP contribution in [0.3, 0.4) is 0 Å². The Morgan fingerprint density at radius 1 is 1.22 bits per heavy atom. The third-order valence-electron chi connectivity index (χ3n) is 3.94. The molecule has 0 atom stereocenters. The van der Waals surface area contributed by atoms with Crippen LogP contribution >= 0.6 is 0 Å². The normalized spacial score (nSPS) is 16.7. The van der Waals surface area contributed by atoms with Crippen molar-refractivity contribution in [2.75, 3.05) is 33.2 Å². The maximum Gasteiger partial charge on any atom is 0.242 e. The minimum atomic E-state index is -0.220. The molecule has 1 saturated carbocycles. The summed E-state index contributed by atoms with van der Waals surface area (Å²) in [6.07, 6.45) is 5.35. The number of aliphatic imine (C=N–C) groups is 1. The van der Waals surface area contributed by atoms with Crippen LogP contribution < -0.4 is 16.0 Å². The highest BCUT2D eigenvalue weighted by Gasteiger charge is 2.19. The van der Waals surface area contributed by atoms with Gasteiger partial charge in [0.25, 0.3) is 0 Å². The van der Waals surface area contributed by atoms with E-state index in [1.54, 1.807) is 0 Å². The summed E-state index contributed by atoms with van der Waals surface area (Å²) in [7, 11) is 2.19. The van der Waals surface area contributed by atoms with E-state index >= 15 is 0 Å². The molecule has 0 aromatic carbocycles. The molecule has 23 heavy (non-hydrogen) atoms. The fraction of sp³-hybridized carbons (Fsp3) is 0.882. The lowest BCUT2D eigenvalue weighted by molar-refractivity contribution is -0.121. The molecule has 1 amide bonds. The highest BCUT2D eigenvalue weighted by atomic mass is 16.2. The molecule has 1 fully saturated rings. The molecule has 1 aliphatic carbocycles. The van der Waals surface area contributed by atoms with Crippen molar-refractivity contribution in [3.05, 3.63) is 0 Å². The Bertz CT molecular complexity index is 383. The molecule has 0 bridgehead atoms. The standard InChI is InChI=1S/C17H35N5O/c1-6-18-16(20-13-15(23)21-17(2,3)4)19-11-12-22(5)14-9-7-8-10-14/h14H,6-13H2,1-5H3,(H,21,23)(H2,18,19,20). The van der Waals surface area contributed by atoms with Gasteiger partial charge in [-0.1, -0.05) is 12.8 Å². The van der Waals surface area contributed by atoms with Gasteiger partial charge in [0, 0.05) is 31.2 Å². The second kappa shape index (κ2) is 9.75. The van der Waals surface area contributed by atoms with Crippen molar-refractivity contribution in [2.45, 2.75) is 65.0 Å². The third-order valence-corrected chi connectivity index (χ3v) is 3.94. The van der Waals surface area contributed by atoms with Crippen molar-refractivity contribution in [1.82, 2.24) is 20.9 Å². The summed E-state index contributed by atoms with van der Waals surface area (Å²) >= 11 is 0. The molecule has 0 heterocycles. The summed E-state index contributed by atoms with van der Waals surface area (Å²) in [6, 6.07) is 0.730. The summed E-state index contributed by atoms with van der Waals surface area (Å²) in [5.74, 6) is 0.647. The summed E-state index contributed by atoms with van der Waals surface area (Å²) in [4.78, 5) is 18.6. The Morgan fingerprint density at radius 3 is 2.43 bits per heavy atom. The van der Waals surface area contributed by atoms with Gasteiger partial charge in [-0.15, -0.1) is 0 Å². The molecule has 0 unspecified atom stereocenters. The first-order valence-corrected chi connectivity index (χ1v) is 8.85. The molecule has 3 N–H and O–H groups in total. The van der Waals surface area contributed by atoms with E-state index in [0.29, 0.717) is 5.96 Å². The van der Waals surface area contributed by atoms with Gasteiger partial charge in [0.05, 0.1) is 0 Å². The number of likely N-dealkylation sites (N-methyl/N-ethyl adjacent to an activating group) is 1. The summed E-state index contributed by atoms with van der Waals surface area (Å²) < 4.78 is 0. The largest absolute Gasteiger partial charge is 0.357 e. The molecule has 0 spiro atoms. The first-order valence-electron chi connectivity index (χ1n) is 8.85. The van der Waals surface area contributed by atoms with Gasteiger partial charge in [-0.05, 0) is 47.6 Å². The fourth-order valence-electron chi connectivity index (χ4n) is 2.83. The van der Waals surface area contributed by atoms with Crippen molar-refractivity contribution in [3.8, 4) is 0 Å². The van der Waals surface area contributed by atoms with Gasteiger partial charge in [0.2, 0.25) is 5.91 Å². The number of hydrogen-bond donors (Lipinski definition) is 3. The van der Waals surface area contributed by atoms with E-state index in [2.05, 4.69) is 32.9 Å². The number of carbonyl (C=O) groups excluding carboxylic acids is 1. The van der Waals surface area contributed by atoms with Crippen LogP contribution in [0.4, 0.5) is 0 Å². The van der Waals surface area contributed by atoms with Crippen molar-refractivity contribution in [1.29, 1.82) is 0 Å². The van der Waals surface area contributed by atoms with Gasteiger partial charge >= 0.3 is 0 Å². The average Bonchev–Trinajstić information content (AvgIpc) is 2.97. The smallest absolute Gasteiger partial charge is 0.242 e. The second-order valence-electron chi connectivity index (χ2n) is 7.34. The zero-order valence-electron chi connectivity index (χ0n) is 15.5. The van der Waals surface area contributed by atoms with Crippen LogP contribution in [-0.2, 0) is 4.79 Å². The quantitative estimate of drug-likeness (QED) is 0.488. The second-order valence-corrected chi connectivity index (χ2v) is 7.34. The number of carbonyl (C=O) groups is 1. The summed E-state index contributed by atoms with van der Waals surface area (Å²) in [6.45, 7) is 10.7. The number of hydrogen-bond acceptors (Lipinski definition) is 3. The predicted octanol–water partition coefficient (Wildman–Crippen LogP) is 1.33. The van der Waals surface area contributed by atoms with Crippen LogP contribution in [0, 0.1) is 0 Å². The first kappa shape index (κ1) is 19.7. The van der Waals surface area contributed by atoms with E-state index in [1.807, 2.05) is 27.7 Å². The van der Waals surface area contributed by atoms with E-state index < -0.39 is 0 Å². The number of guanidine groups is 1. The Morgan fingerprint density at radius 2 is 1.87 bits per heavy atom. The van der Waals surface area contributed by atoms with Gasteiger partial charge < -0.3 is 20.9 Å². The van der Waals surface area contributed by atoms with Crippen molar-refractivity contribution in [3.63, 3.8) is 0 Å². The molecule has 134 valence electrons. The Labute approximate surface area is 141 Å². The molecule has 6 heteroatoms. The Hall–Kier alpha value is -1.30. The van der Waals surface area contributed by atoms with E-state index in [1.165, 1.54) is 25.7 Å². The monoisotopic (exact) mass is 325 g/mol.